The number of nitrogens with one attached hydrogen (secondary N) is 1. The maximum Gasteiger partial charge on any atom is 0.255 e. The molecule has 27 heavy (non-hydrogen) atoms. The number of ether oxygens (including phenoxy) is 3. The van der Waals surface area contributed by atoms with Gasteiger partial charge in [0.05, 0.1) is 38.7 Å². The smallest absolute Gasteiger partial charge is 0.255 e. The van der Waals surface area contributed by atoms with Crippen LogP contribution in [0.15, 0.2) is 36.7 Å². The van der Waals surface area contributed by atoms with Crippen LogP contribution < -0.4 is 14.8 Å². The second-order valence-electron chi connectivity index (χ2n) is 6.23. The predicted molar refractivity (Wildman–Crippen MR) is 103 cm³/mol. The van der Waals surface area contributed by atoms with Gasteiger partial charge in [-0.05, 0) is 30.2 Å². The number of morpholine rings is 1. The molecule has 0 spiro atoms. The van der Waals surface area contributed by atoms with Gasteiger partial charge in [0.2, 0.25) is 0 Å². The molecule has 0 aliphatic carbocycles. The Bertz CT molecular complexity index is 776. The first kappa shape index (κ1) is 19.0. The van der Waals surface area contributed by atoms with Crippen molar-refractivity contribution in [3.63, 3.8) is 0 Å². The number of amides is 1. The van der Waals surface area contributed by atoms with Gasteiger partial charge in [0, 0.05) is 32.0 Å². The number of methoxy groups -OCH3 is 2. The molecule has 1 aromatic carbocycles. The number of carbonyl (C=O) groups is 1. The fourth-order valence-corrected chi connectivity index (χ4v) is 2.99. The summed E-state index contributed by atoms with van der Waals surface area (Å²) in [5.74, 6) is 1.43. The van der Waals surface area contributed by atoms with Crippen LogP contribution >= 0.6 is 0 Å². The van der Waals surface area contributed by atoms with Crippen LogP contribution in [0.25, 0.3) is 0 Å². The Morgan fingerprint density at radius 3 is 2.67 bits per heavy atom. The van der Waals surface area contributed by atoms with Crippen LogP contribution in [0.5, 0.6) is 11.5 Å². The average Bonchev–Trinajstić information content (AvgIpc) is 2.74. The summed E-state index contributed by atoms with van der Waals surface area (Å²) in [5.41, 5.74) is 2.55. The van der Waals surface area contributed by atoms with Crippen LogP contribution in [0.1, 0.15) is 15.9 Å². The van der Waals surface area contributed by atoms with E-state index in [1.807, 2.05) is 24.3 Å². The van der Waals surface area contributed by atoms with Crippen LogP contribution in [0.4, 0.5) is 5.69 Å². The Morgan fingerprint density at radius 2 is 1.93 bits per heavy atom. The number of nitrogens with zero attached hydrogens (tertiary/aromatic N) is 2. The number of aromatic nitrogens is 1. The Kier molecular flexibility index (Phi) is 6.49. The van der Waals surface area contributed by atoms with Crippen molar-refractivity contribution < 1.29 is 19.0 Å². The van der Waals surface area contributed by atoms with E-state index in [0.29, 0.717) is 44.2 Å². The van der Waals surface area contributed by atoms with Crippen molar-refractivity contribution in [3.05, 3.63) is 47.8 Å². The molecule has 2 heterocycles. The van der Waals surface area contributed by atoms with E-state index in [1.165, 1.54) is 0 Å². The molecule has 7 heteroatoms. The molecule has 3 rings (SSSR count). The summed E-state index contributed by atoms with van der Waals surface area (Å²) in [4.78, 5) is 18.6. The predicted octanol–water partition coefficient (Wildman–Crippen LogP) is 2.23. The molecule has 1 fully saturated rings. The first-order chi connectivity index (χ1) is 13.2. The number of pyridine rings is 1. The van der Waals surface area contributed by atoms with Gasteiger partial charge < -0.3 is 24.4 Å². The van der Waals surface area contributed by atoms with Crippen LogP contribution in [0, 0.1) is 0 Å². The number of anilines is 1. The lowest BCUT2D eigenvalue weighted by atomic mass is 10.1. The van der Waals surface area contributed by atoms with E-state index in [1.54, 1.807) is 31.5 Å². The molecular formula is C20H25N3O4. The first-order valence-electron chi connectivity index (χ1n) is 8.98. The molecular weight excluding hydrogens is 346 g/mol. The van der Waals surface area contributed by atoms with Crippen molar-refractivity contribution >= 4 is 11.6 Å². The van der Waals surface area contributed by atoms with E-state index in [4.69, 9.17) is 14.2 Å². The average molecular weight is 371 g/mol. The van der Waals surface area contributed by atoms with Crippen LogP contribution in [-0.4, -0.2) is 62.9 Å². The van der Waals surface area contributed by atoms with Crippen molar-refractivity contribution in [2.24, 2.45) is 0 Å². The number of carbonyl (C=O) groups excluding carboxylic acids is 1. The van der Waals surface area contributed by atoms with Crippen LogP contribution in [-0.2, 0) is 11.2 Å². The summed E-state index contributed by atoms with van der Waals surface area (Å²) in [6, 6.07) is 7.73. The Labute approximate surface area is 159 Å². The lowest BCUT2D eigenvalue weighted by molar-refractivity contribution is 0.0302. The maximum atomic E-state index is 12.6. The molecule has 1 aliphatic heterocycles. The quantitative estimate of drug-likeness (QED) is 0.805. The second kappa shape index (κ2) is 9.23. The number of hydrogen-bond donors (Lipinski definition) is 1. The second-order valence-corrected chi connectivity index (χ2v) is 6.23. The molecule has 0 unspecified atom stereocenters. The SMILES string of the molecule is COc1ccc(CCNc2cncc(C(=O)N3CCOCC3)c2)cc1OC. The molecule has 7 nitrogen and oxygen atoms in total. The highest BCUT2D eigenvalue weighted by atomic mass is 16.5. The number of hydrogen-bond acceptors (Lipinski definition) is 6. The zero-order valence-corrected chi connectivity index (χ0v) is 15.7. The molecule has 1 aromatic heterocycles. The molecule has 2 aromatic rings. The van der Waals surface area contributed by atoms with Crippen molar-refractivity contribution in [1.82, 2.24) is 9.88 Å². The van der Waals surface area contributed by atoms with E-state index in [0.717, 1.165) is 23.4 Å². The van der Waals surface area contributed by atoms with Gasteiger partial charge >= 0.3 is 0 Å². The Balaban J connectivity index is 1.58. The van der Waals surface area contributed by atoms with Gasteiger partial charge in [-0.1, -0.05) is 6.07 Å². The fourth-order valence-electron chi connectivity index (χ4n) is 2.99. The molecule has 1 aliphatic rings. The Morgan fingerprint density at radius 1 is 1.15 bits per heavy atom. The fraction of sp³-hybridized carbons (Fsp3) is 0.400. The van der Waals surface area contributed by atoms with Gasteiger partial charge in [0.1, 0.15) is 0 Å². The van der Waals surface area contributed by atoms with Crippen molar-refractivity contribution in [3.8, 4) is 11.5 Å². The molecule has 144 valence electrons. The molecule has 0 saturated carbocycles. The zero-order chi connectivity index (χ0) is 19.1. The monoisotopic (exact) mass is 371 g/mol. The summed E-state index contributed by atoms with van der Waals surface area (Å²) in [6.07, 6.45) is 4.14. The van der Waals surface area contributed by atoms with Gasteiger partial charge in [-0.15, -0.1) is 0 Å². The summed E-state index contributed by atoms with van der Waals surface area (Å²) >= 11 is 0. The van der Waals surface area contributed by atoms with Gasteiger partial charge in [-0.2, -0.15) is 0 Å². The van der Waals surface area contributed by atoms with E-state index in [-0.39, 0.29) is 5.91 Å². The highest BCUT2D eigenvalue weighted by Gasteiger charge is 2.18. The van der Waals surface area contributed by atoms with Crippen molar-refractivity contribution in [2.45, 2.75) is 6.42 Å². The minimum absolute atomic E-state index is 0.00524. The minimum atomic E-state index is -0.00524. The Hall–Kier alpha value is -2.80. The summed E-state index contributed by atoms with van der Waals surface area (Å²) in [6.45, 7) is 3.13. The molecule has 1 amide bonds. The number of benzene rings is 1. The van der Waals surface area contributed by atoms with Gasteiger partial charge in [0.15, 0.2) is 11.5 Å². The van der Waals surface area contributed by atoms with E-state index in [9.17, 15) is 4.79 Å². The van der Waals surface area contributed by atoms with E-state index < -0.39 is 0 Å². The lowest BCUT2D eigenvalue weighted by Crippen LogP contribution is -2.40. The zero-order valence-electron chi connectivity index (χ0n) is 15.7. The van der Waals surface area contributed by atoms with Gasteiger partial charge in [-0.3, -0.25) is 9.78 Å². The van der Waals surface area contributed by atoms with E-state index >= 15 is 0 Å². The highest BCUT2D eigenvalue weighted by molar-refractivity contribution is 5.94. The summed E-state index contributed by atoms with van der Waals surface area (Å²) in [7, 11) is 3.25. The molecule has 0 atom stereocenters. The van der Waals surface area contributed by atoms with E-state index in [2.05, 4.69) is 10.3 Å². The topological polar surface area (TPSA) is 72.9 Å². The third kappa shape index (κ3) is 4.89. The summed E-state index contributed by atoms with van der Waals surface area (Å²) < 4.78 is 15.9. The van der Waals surface area contributed by atoms with Gasteiger partial charge in [0.25, 0.3) is 5.91 Å². The standard InChI is InChI=1S/C20H25N3O4/c1-25-18-4-3-15(11-19(18)26-2)5-6-22-17-12-16(13-21-14-17)20(24)23-7-9-27-10-8-23/h3-4,11-14,22H,5-10H2,1-2H3. The molecule has 0 radical (unpaired) electrons. The maximum absolute atomic E-state index is 12.6. The summed E-state index contributed by atoms with van der Waals surface area (Å²) in [5, 5.41) is 3.33. The van der Waals surface area contributed by atoms with Crippen LogP contribution in [0.2, 0.25) is 0 Å². The highest BCUT2D eigenvalue weighted by Crippen LogP contribution is 2.27. The minimum Gasteiger partial charge on any atom is -0.493 e. The van der Waals surface area contributed by atoms with Gasteiger partial charge in [-0.25, -0.2) is 0 Å². The van der Waals surface area contributed by atoms with Crippen molar-refractivity contribution in [2.75, 3.05) is 52.4 Å². The van der Waals surface area contributed by atoms with Crippen molar-refractivity contribution in [1.29, 1.82) is 0 Å². The lowest BCUT2D eigenvalue weighted by Gasteiger charge is -2.26. The molecule has 1 N–H and O–H groups in total. The number of rotatable bonds is 7. The van der Waals surface area contributed by atoms with Crippen LogP contribution in [0.3, 0.4) is 0 Å². The third-order valence-corrected chi connectivity index (χ3v) is 4.47. The first-order valence-corrected chi connectivity index (χ1v) is 8.98. The molecule has 1 saturated heterocycles. The normalized spacial score (nSPS) is 13.9. The third-order valence-electron chi connectivity index (χ3n) is 4.47. The largest absolute Gasteiger partial charge is 0.493 e. The molecule has 0 bridgehead atoms.